The molecule has 1 fully saturated rings. The Kier molecular flexibility index (Phi) is 2.11. The van der Waals surface area contributed by atoms with E-state index in [1.807, 2.05) is 6.07 Å². The molecule has 2 aliphatic rings. The standard InChI is InChI=1S/C15H20FN/c1-14(2)7-4-8-15(3)11-9-10(16)5-6-12(11)17-13(14)15/h5-6,9,13,17H,4,7-8H2,1-3H3/t13-,15-/m0/s1. The van der Waals surface area contributed by atoms with Crippen LogP contribution >= 0.6 is 0 Å². The number of anilines is 1. The largest absolute Gasteiger partial charge is 0.381 e. The Hall–Kier alpha value is -1.05. The van der Waals surface area contributed by atoms with Crippen molar-refractivity contribution in [1.29, 1.82) is 0 Å². The Labute approximate surface area is 102 Å². The first-order valence-corrected chi connectivity index (χ1v) is 6.50. The summed E-state index contributed by atoms with van der Waals surface area (Å²) in [5.74, 6) is -0.115. The SMILES string of the molecule is CC1(C)CCC[C@@]2(C)c3cc(F)ccc3N[C@@H]12. The summed E-state index contributed by atoms with van der Waals surface area (Å²) in [6.07, 6.45) is 3.64. The Morgan fingerprint density at radius 3 is 2.76 bits per heavy atom. The highest BCUT2D eigenvalue weighted by Gasteiger charge is 2.52. The summed E-state index contributed by atoms with van der Waals surface area (Å²) < 4.78 is 13.5. The van der Waals surface area contributed by atoms with Crippen LogP contribution in [0, 0.1) is 11.2 Å². The van der Waals surface area contributed by atoms with E-state index in [0.29, 0.717) is 6.04 Å². The van der Waals surface area contributed by atoms with Gasteiger partial charge < -0.3 is 5.32 Å². The third-order valence-corrected chi connectivity index (χ3v) is 4.83. The predicted octanol–water partition coefficient (Wildman–Crippen LogP) is 4.09. The molecule has 0 saturated heterocycles. The second-order valence-electron chi connectivity index (χ2n) is 6.53. The van der Waals surface area contributed by atoms with Crippen molar-refractivity contribution in [1.82, 2.24) is 0 Å². The molecule has 1 aliphatic carbocycles. The van der Waals surface area contributed by atoms with Crippen LogP contribution in [-0.2, 0) is 5.41 Å². The molecule has 1 aromatic rings. The van der Waals surface area contributed by atoms with Gasteiger partial charge in [0.15, 0.2) is 0 Å². The molecule has 0 unspecified atom stereocenters. The van der Waals surface area contributed by atoms with Gasteiger partial charge in [-0.1, -0.05) is 27.2 Å². The van der Waals surface area contributed by atoms with Crippen LogP contribution in [0.15, 0.2) is 18.2 Å². The van der Waals surface area contributed by atoms with Gasteiger partial charge in [-0.3, -0.25) is 0 Å². The molecule has 0 amide bonds. The Bertz CT molecular complexity index is 466. The molecule has 1 nitrogen and oxygen atoms in total. The van der Waals surface area contributed by atoms with Crippen LogP contribution in [0.4, 0.5) is 10.1 Å². The van der Waals surface area contributed by atoms with E-state index < -0.39 is 0 Å². The molecule has 92 valence electrons. The predicted molar refractivity (Wildman–Crippen MR) is 68.8 cm³/mol. The lowest BCUT2D eigenvalue weighted by Crippen LogP contribution is -2.49. The minimum Gasteiger partial charge on any atom is -0.381 e. The molecule has 0 bridgehead atoms. The third kappa shape index (κ3) is 1.42. The topological polar surface area (TPSA) is 12.0 Å². The first-order valence-electron chi connectivity index (χ1n) is 6.50. The van der Waals surface area contributed by atoms with Gasteiger partial charge in [-0.25, -0.2) is 4.39 Å². The molecule has 17 heavy (non-hydrogen) atoms. The smallest absolute Gasteiger partial charge is 0.123 e. The number of rotatable bonds is 0. The molecule has 0 aromatic heterocycles. The average Bonchev–Trinajstić information content (AvgIpc) is 2.53. The zero-order valence-corrected chi connectivity index (χ0v) is 10.8. The zero-order valence-electron chi connectivity index (χ0n) is 10.8. The number of fused-ring (bicyclic) bond motifs is 3. The average molecular weight is 233 g/mol. The molecular weight excluding hydrogens is 213 g/mol. The van der Waals surface area contributed by atoms with Gasteiger partial charge in [0.1, 0.15) is 5.82 Å². The number of nitrogens with one attached hydrogen (secondary N) is 1. The maximum Gasteiger partial charge on any atom is 0.123 e. The van der Waals surface area contributed by atoms with Crippen LogP contribution in [0.3, 0.4) is 0 Å². The van der Waals surface area contributed by atoms with Crippen molar-refractivity contribution in [3.8, 4) is 0 Å². The highest BCUT2D eigenvalue weighted by molar-refractivity contribution is 5.63. The molecule has 0 radical (unpaired) electrons. The van der Waals surface area contributed by atoms with Crippen molar-refractivity contribution in [2.75, 3.05) is 5.32 Å². The van der Waals surface area contributed by atoms with Crippen LogP contribution in [0.25, 0.3) is 0 Å². The summed E-state index contributed by atoms with van der Waals surface area (Å²) in [6.45, 7) is 6.94. The lowest BCUT2D eigenvalue weighted by atomic mass is 9.60. The van der Waals surface area contributed by atoms with E-state index in [-0.39, 0.29) is 16.6 Å². The van der Waals surface area contributed by atoms with E-state index in [4.69, 9.17) is 0 Å². The first kappa shape index (κ1) is 11.1. The molecule has 1 saturated carbocycles. The maximum absolute atomic E-state index is 13.5. The van der Waals surface area contributed by atoms with E-state index in [9.17, 15) is 4.39 Å². The van der Waals surface area contributed by atoms with E-state index in [2.05, 4.69) is 26.1 Å². The van der Waals surface area contributed by atoms with Gasteiger partial charge in [-0.05, 0) is 42.0 Å². The van der Waals surface area contributed by atoms with E-state index >= 15 is 0 Å². The second-order valence-corrected chi connectivity index (χ2v) is 6.53. The number of hydrogen-bond donors (Lipinski definition) is 1. The van der Waals surface area contributed by atoms with Crippen LogP contribution < -0.4 is 5.32 Å². The van der Waals surface area contributed by atoms with Gasteiger partial charge in [-0.15, -0.1) is 0 Å². The fourth-order valence-corrected chi connectivity index (χ4v) is 3.98. The fraction of sp³-hybridized carbons (Fsp3) is 0.600. The molecule has 2 atom stereocenters. The normalized spacial score (nSPS) is 33.8. The molecule has 1 aliphatic heterocycles. The van der Waals surface area contributed by atoms with Crippen molar-refractivity contribution in [3.05, 3.63) is 29.6 Å². The van der Waals surface area contributed by atoms with Crippen molar-refractivity contribution >= 4 is 5.69 Å². The van der Waals surface area contributed by atoms with Crippen LogP contribution in [0.5, 0.6) is 0 Å². The monoisotopic (exact) mass is 233 g/mol. The first-order chi connectivity index (χ1) is 7.93. The summed E-state index contributed by atoms with van der Waals surface area (Å²) in [6, 6.07) is 5.61. The summed E-state index contributed by atoms with van der Waals surface area (Å²) in [7, 11) is 0. The Morgan fingerprint density at radius 1 is 1.24 bits per heavy atom. The highest BCUT2D eigenvalue weighted by atomic mass is 19.1. The maximum atomic E-state index is 13.5. The molecule has 1 N–H and O–H groups in total. The van der Waals surface area contributed by atoms with Gasteiger partial charge in [0.25, 0.3) is 0 Å². The minimum absolute atomic E-state index is 0.0964. The van der Waals surface area contributed by atoms with E-state index in [1.54, 1.807) is 12.1 Å². The number of halogens is 1. The van der Waals surface area contributed by atoms with Crippen molar-refractivity contribution in [3.63, 3.8) is 0 Å². The quantitative estimate of drug-likeness (QED) is 0.711. The van der Waals surface area contributed by atoms with Crippen molar-refractivity contribution in [2.45, 2.75) is 51.5 Å². The number of benzene rings is 1. The molecule has 3 rings (SSSR count). The molecule has 1 heterocycles. The second kappa shape index (κ2) is 3.24. The number of hydrogen-bond acceptors (Lipinski definition) is 1. The molecule has 0 spiro atoms. The zero-order chi connectivity index (χ0) is 12.3. The molecular formula is C15H20FN. The van der Waals surface area contributed by atoms with Gasteiger partial charge >= 0.3 is 0 Å². The fourth-order valence-electron chi connectivity index (χ4n) is 3.98. The Morgan fingerprint density at radius 2 is 2.00 bits per heavy atom. The summed E-state index contributed by atoms with van der Waals surface area (Å²) in [5, 5.41) is 3.63. The lowest BCUT2D eigenvalue weighted by molar-refractivity contribution is 0.143. The van der Waals surface area contributed by atoms with Crippen LogP contribution in [0.2, 0.25) is 0 Å². The summed E-state index contributed by atoms with van der Waals surface area (Å²) in [5.41, 5.74) is 2.69. The minimum atomic E-state index is -0.115. The van der Waals surface area contributed by atoms with Gasteiger partial charge in [0.2, 0.25) is 0 Å². The summed E-state index contributed by atoms with van der Waals surface area (Å²) >= 11 is 0. The third-order valence-electron chi connectivity index (χ3n) is 4.83. The molecule has 2 heteroatoms. The van der Waals surface area contributed by atoms with Crippen molar-refractivity contribution in [2.24, 2.45) is 5.41 Å². The van der Waals surface area contributed by atoms with E-state index in [1.165, 1.54) is 18.4 Å². The summed E-state index contributed by atoms with van der Waals surface area (Å²) in [4.78, 5) is 0. The highest BCUT2D eigenvalue weighted by Crippen LogP contribution is 2.54. The van der Waals surface area contributed by atoms with E-state index in [0.717, 1.165) is 12.1 Å². The van der Waals surface area contributed by atoms with Crippen LogP contribution in [-0.4, -0.2) is 6.04 Å². The Balaban J connectivity index is 2.13. The van der Waals surface area contributed by atoms with Crippen LogP contribution in [0.1, 0.15) is 45.6 Å². The molecule has 1 aromatic carbocycles. The lowest BCUT2D eigenvalue weighted by Gasteiger charge is -2.47. The van der Waals surface area contributed by atoms with Crippen molar-refractivity contribution < 1.29 is 4.39 Å². The van der Waals surface area contributed by atoms with Gasteiger partial charge in [0, 0.05) is 17.1 Å². The van der Waals surface area contributed by atoms with Gasteiger partial charge in [0.05, 0.1) is 0 Å². The van der Waals surface area contributed by atoms with Gasteiger partial charge in [-0.2, -0.15) is 0 Å².